The van der Waals surface area contributed by atoms with Gasteiger partial charge in [-0.05, 0) is 31.9 Å². The van der Waals surface area contributed by atoms with E-state index in [-0.39, 0.29) is 25.5 Å². The Labute approximate surface area is 146 Å². The molecule has 0 aliphatic rings. The first-order valence-electron chi connectivity index (χ1n) is 7.98. The minimum absolute atomic E-state index is 0.118. The fourth-order valence-corrected chi connectivity index (χ4v) is 2.32. The molecule has 7 nitrogen and oxygen atoms in total. The van der Waals surface area contributed by atoms with Gasteiger partial charge in [-0.3, -0.25) is 9.59 Å². The molecule has 0 aliphatic heterocycles. The normalized spacial score (nSPS) is 10.4. The first-order chi connectivity index (χ1) is 11.9. The van der Waals surface area contributed by atoms with E-state index in [0.29, 0.717) is 5.76 Å². The third kappa shape index (κ3) is 4.82. The summed E-state index contributed by atoms with van der Waals surface area (Å²) >= 11 is 0. The Hall–Kier alpha value is -2.83. The van der Waals surface area contributed by atoms with Gasteiger partial charge in [-0.25, -0.2) is 0 Å². The van der Waals surface area contributed by atoms with E-state index in [1.807, 2.05) is 32.0 Å². The molecule has 0 fully saturated rings. The minimum Gasteiger partial charge on any atom is -0.485 e. The van der Waals surface area contributed by atoms with Crippen molar-refractivity contribution in [1.29, 1.82) is 0 Å². The highest BCUT2D eigenvalue weighted by Gasteiger charge is 2.20. The summed E-state index contributed by atoms with van der Waals surface area (Å²) in [6.45, 7) is 5.91. The Bertz CT molecular complexity index is 733. The molecule has 1 aromatic heterocycles. The van der Waals surface area contributed by atoms with Gasteiger partial charge in [0.2, 0.25) is 0 Å². The van der Waals surface area contributed by atoms with Gasteiger partial charge >= 0.3 is 5.97 Å². The van der Waals surface area contributed by atoms with Gasteiger partial charge in [0.15, 0.2) is 11.5 Å². The lowest BCUT2D eigenvalue weighted by atomic mass is 10.1. The zero-order valence-electron chi connectivity index (χ0n) is 14.9. The highest BCUT2D eigenvalue weighted by Crippen LogP contribution is 2.23. The fourth-order valence-electron chi connectivity index (χ4n) is 2.32. The van der Waals surface area contributed by atoms with Crippen LogP contribution in [0.1, 0.15) is 34.3 Å². The first-order valence-corrected chi connectivity index (χ1v) is 7.98. The largest absolute Gasteiger partial charge is 0.485 e. The van der Waals surface area contributed by atoms with E-state index < -0.39 is 11.9 Å². The number of nitrogens with zero attached hydrogens (tertiary/aromatic N) is 2. The second kappa shape index (κ2) is 8.32. The van der Waals surface area contributed by atoms with Crippen molar-refractivity contribution in [3.63, 3.8) is 0 Å². The molecule has 0 bridgehead atoms. The summed E-state index contributed by atoms with van der Waals surface area (Å²) in [4.78, 5) is 24.9. The Morgan fingerprint density at radius 1 is 1.24 bits per heavy atom. The number of hydrogen-bond donors (Lipinski definition) is 0. The summed E-state index contributed by atoms with van der Waals surface area (Å²) in [6, 6.07) is 7.39. The lowest BCUT2D eigenvalue weighted by Gasteiger charge is -2.13. The molecule has 25 heavy (non-hydrogen) atoms. The van der Waals surface area contributed by atoms with Crippen molar-refractivity contribution in [2.24, 2.45) is 0 Å². The summed E-state index contributed by atoms with van der Waals surface area (Å²) in [5.41, 5.74) is 2.15. The topological polar surface area (TPSA) is 81.9 Å². The van der Waals surface area contributed by atoms with Gasteiger partial charge in [-0.2, -0.15) is 0 Å². The van der Waals surface area contributed by atoms with Crippen molar-refractivity contribution < 1.29 is 23.6 Å². The van der Waals surface area contributed by atoms with Crippen LogP contribution in [0.3, 0.4) is 0 Å². The SMILES string of the molecule is CCOC(=O)CN(C)C(=O)c1cc(COc2c(C)cccc2C)on1. The molecule has 1 aromatic carbocycles. The van der Waals surface area contributed by atoms with E-state index in [1.54, 1.807) is 6.92 Å². The smallest absolute Gasteiger partial charge is 0.325 e. The maximum atomic E-state index is 12.2. The van der Waals surface area contributed by atoms with Crippen LogP contribution in [-0.2, 0) is 16.1 Å². The number of aryl methyl sites for hydroxylation is 2. The van der Waals surface area contributed by atoms with Crippen LogP contribution >= 0.6 is 0 Å². The molecule has 0 spiro atoms. The number of amides is 1. The van der Waals surface area contributed by atoms with Crippen LogP contribution in [0.4, 0.5) is 0 Å². The van der Waals surface area contributed by atoms with Crippen LogP contribution in [0.25, 0.3) is 0 Å². The summed E-state index contributed by atoms with van der Waals surface area (Å²) < 4.78 is 15.7. The van der Waals surface area contributed by atoms with Crippen molar-refractivity contribution >= 4 is 11.9 Å². The third-order valence-corrected chi connectivity index (χ3v) is 3.56. The van der Waals surface area contributed by atoms with Gasteiger partial charge in [0.05, 0.1) is 6.61 Å². The Balaban J connectivity index is 1.97. The molecule has 134 valence electrons. The number of carbonyl (C=O) groups excluding carboxylic acids is 2. The molecule has 0 unspecified atom stereocenters. The number of esters is 1. The van der Waals surface area contributed by atoms with Crippen molar-refractivity contribution in [3.05, 3.63) is 46.8 Å². The van der Waals surface area contributed by atoms with Gasteiger partial charge in [-0.1, -0.05) is 23.4 Å². The fraction of sp³-hybridized carbons (Fsp3) is 0.389. The highest BCUT2D eigenvalue weighted by atomic mass is 16.5. The number of para-hydroxylation sites is 1. The standard InChI is InChI=1S/C18H22N2O5/c1-5-23-16(21)10-20(4)18(22)15-9-14(25-19-15)11-24-17-12(2)7-6-8-13(17)3/h6-9H,5,10-11H2,1-4H3. The molecule has 0 saturated carbocycles. The van der Waals surface area contributed by atoms with Crippen LogP contribution in [0.15, 0.2) is 28.8 Å². The molecule has 2 aromatic rings. The van der Waals surface area contributed by atoms with Crippen LogP contribution in [0, 0.1) is 13.8 Å². The number of hydrogen-bond acceptors (Lipinski definition) is 6. The van der Waals surface area contributed by atoms with Gasteiger partial charge in [-0.15, -0.1) is 0 Å². The Morgan fingerprint density at radius 3 is 2.56 bits per heavy atom. The maximum Gasteiger partial charge on any atom is 0.325 e. The van der Waals surface area contributed by atoms with Gasteiger partial charge in [0.1, 0.15) is 18.9 Å². The molecule has 0 atom stereocenters. The zero-order chi connectivity index (χ0) is 18.4. The predicted molar refractivity (Wildman–Crippen MR) is 90.3 cm³/mol. The average molecular weight is 346 g/mol. The van der Waals surface area contributed by atoms with Crippen LogP contribution in [-0.4, -0.2) is 42.1 Å². The molecule has 7 heteroatoms. The molecule has 0 radical (unpaired) electrons. The third-order valence-electron chi connectivity index (χ3n) is 3.56. The van der Waals surface area contributed by atoms with Crippen LogP contribution in [0.5, 0.6) is 5.75 Å². The average Bonchev–Trinajstić information content (AvgIpc) is 3.02. The number of ether oxygens (including phenoxy) is 2. The van der Waals surface area contributed by atoms with Gasteiger partial charge in [0.25, 0.3) is 5.91 Å². The highest BCUT2D eigenvalue weighted by molar-refractivity contribution is 5.94. The molecular formula is C18H22N2O5. The van der Waals surface area contributed by atoms with E-state index in [2.05, 4.69) is 5.16 Å². The van der Waals surface area contributed by atoms with E-state index in [9.17, 15) is 9.59 Å². The lowest BCUT2D eigenvalue weighted by Crippen LogP contribution is -2.33. The minimum atomic E-state index is -0.472. The monoisotopic (exact) mass is 346 g/mol. The Morgan fingerprint density at radius 2 is 1.92 bits per heavy atom. The number of carbonyl (C=O) groups is 2. The number of aromatic nitrogens is 1. The second-order valence-electron chi connectivity index (χ2n) is 5.65. The van der Waals surface area contributed by atoms with Gasteiger partial charge in [0, 0.05) is 13.1 Å². The molecule has 1 amide bonds. The molecule has 1 heterocycles. The molecular weight excluding hydrogens is 324 g/mol. The second-order valence-corrected chi connectivity index (χ2v) is 5.65. The number of likely N-dealkylation sites (N-methyl/N-ethyl adjacent to an activating group) is 1. The van der Waals surface area contributed by atoms with E-state index >= 15 is 0 Å². The predicted octanol–water partition coefficient (Wildman–Crippen LogP) is 2.51. The van der Waals surface area contributed by atoms with Crippen LogP contribution < -0.4 is 4.74 Å². The summed E-state index contributed by atoms with van der Waals surface area (Å²) in [5, 5.41) is 3.75. The maximum absolute atomic E-state index is 12.2. The lowest BCUT2D eigenvalue weighted by molar-refractivity contribution is -0.143. The van der Waals surface area contributed by atoms with Gasteiger partial charge < -0.3 is 18.9 Å². The van der Waals surface area contributed by atoms with E-state index in [0.717, 1.165) is 16.9 Å². The summed E-state index contributed by atoms with van der Waals surface area (Å²) in [5.74, 6) is 0.317. The Kier molecular flexibility index (Phi) is 6.16. The van der Waals surface area contributed by atoms with E-state index in [1.165, 1.54) is 18.0 Å². The first kappa shape index (κ1) is 18.5. The van der Waals surface area contributed by atoms with Crippen molar-refractivity contribution in [2.45, 2.75) is 27.4 Å². The van der Waals surface area contributed by atoms with Crippen LogP contribution in [0.2, 0.25) is 0 Å². The van der Waals surface area contributed by atoms with Crippen molar-refractivity contribution in [2.75, 3.05) is 20.2 Å². The number of benzene rings is 1. The van der Waals surface area contributed by atoms with Crippen molar-refractivity contribution in [1.82, 2.24) is 10.1 Å². The molecule has 0 saturated heterocycles. The summed E-state index contributed by atoms with van der Waals surface area (Å²) in [7, 11) is 1.50. The van der Waals surface area contributed by atoms with Crippen molar-refractivity contribution in [3.8, 4) is 5.75 Å². The molecule has 2 rings (SSSR count). The molecule has 0 N–H and O–H groups in total. The van der Waals surface area contributed by atoms with E-state index in [4.69, 9.17) is 14.0 Å². The zero-order valence-corrected chi connectivity index (χ0v) is 14.9. The number of rotatable bonds is 7. The quantitative estimate of drug-likeness (QED) is 0.717. The molecule has 0 aliphatic carbocycles. The summed E-state index contributed by atoms with van der Waals surface area (Å²) in [6.07, 6.45) is 0.